The van der Waals surface area contributed by atoms with Gasteiger partial charge < -0.3 is 9.64 Å². The summed E-state index contributed by atoms with van der Waals surface area (Å²) in [6.07, 6.45) is 1.01. The molecule has 0 N–H and O–H groups in total. The molecule has 2 rings (SSSR count). The van der Waals surface area contributed by atoms with Crippen molar-refractivity contribution in [2.24, 2.45) is 0 Å². The first kappa shape index (κ1) is 12.5. The molecule has 0 aliphatic heterocycles. The molecule has 2 heteroatoms. The zero-order chi connectivity index (χ0) is 12.6. The third-order valence-electron chi connectivity index (χ3n) is 2.85. The first-order chi connectivity index (χ1) is 8.86. The highest BCUT2D eigenvalue weighted by molar-refractivity contribution is 5.44. The number of anilines is 1. The summed E-state index contributed by atoms with van der Waals surface area (Å²) in [7, 11) is 2.11. The van der Waals surface area contributed by atoms with Crippen LogP contribution in [0.4, 0.5) is 5.69 Å². The predicted molar refractivity (Wildman–Crippen MR) is 76.3 cm³/mol. The molecule has 0 spiro atoms. The van der Waals surface area contributed by atoms with Gasteiger partial charge in [0.05, 0.1) is 6.61 Å². The van der Waals surface area contributed by atoms with E-state index in [9.17, 15) is 0 Å². The van der Waals surface area contributed by atoms with Crippen molar-refractivity contribution in [2.45, 2.75) is 6.42 Å². The minimum absolute atomic E-state index is 0.751. The molecule has 0 fully saturated rings. The van der Waals surface area contributed by atoms with Crippen LogP contribution in [0.25, 0.3) is 0 Å². The van der Waals surface area contributed by atoms with E-state index < -0.39 is 0 Å². The quantitative estimate of drug-likeness (QED) is 0.717. The van der Waals surface area contributed by atoms with Crippen molar-refractivity contribution in [1.29, 1.82) is 0 Å². The number of ether oxygens (including phenoxy) is 1. The van der Waals surface area contributed by atoms with Crippen LogP contribution in [0, 0.1) is 0 Å². The molecule has 0 atom stereocenters. The highest BCUT2D eigenvalue weighted by Gasteiger charge is 1.99. The Morgan fingerprint density at radius 3 is 2.17 bits per heavy atom. The maximum atomic E-state index is 5.67. The van der Waals surface area contributed by atoms with Gasteiger partial charge in [0.2, 0.25) is 0 Å². The predicted octanol–water partition coefficient (Wildman–Crippen LogP) is 3.59. The maximum Gasteiger partial charge on any atom is 0.119 e. The van der Waals surface area contributed by atoms with Crippen LogP contribution in [0.15, 0.2) is 60.7 Å². The molecule has 0 bridgehead atoms. The van der Waals surface area contributed by atoms with Gasteiger partial charge in [-0.3, -0.25) is 0 Å². The topological polar surface area (TPSA) is 12.5 Å². The Morgan fingerprint density at radius 1 is 0.889 bits per heavy atom. The lowest BCUT2D eigenvalue weighted by Crippen LogP contribution is -2.20. The molecule has 0 saturated heterocycles. The fourth-order valence-corrected chi connectivity index (χ4v) is 1.82. The van der Waals surface area contributed by atoms with Gasteiger partial charge in [-0.2, -0.15) is 0 Å². The van der Waals surface area contributed by atoms with Gasteiger partial charge in [-0.15, -0.1) is 0 Å². The summed E-state index contributed by atoms with van der Waals surface area (Å²) in [5.74, 6) is 0.944. The van der Waals surface area contributed by atoms with Gasteiger partial charge in [-0.05, 0) is 30.7 Å². The summed E-state index contributed by atoms with van der Waals surface area (Å²) in [6.45, 7) is 1.75. The minimum atomic E-state index is 0.751. The van der Waals surface area contributed by atoms with E-state index in [1.165, 1.54) is 5.69 Å². The van der Waals surface area contributed by atoms with Crippen molar-refractivity contribution in [3.63, 3.8) is 0 Å². The lowest BCUT2D eigenvalue weighted by molar-refractivity contribution is 0.312. The van der Waals surface area contributed by atoms with Crippen molar-refractivity contribution in [3.8, 4) is 5.75 Å². The van der Waals surface area contributed by atoms with Gasteiger partial charge in [0.25, 0.3) is 0 Å². The van der Waals surface area contributed by atoms with Crippen molar-refractivity contribution >= 4 is 5.69 Å². The van der Waals surface area contributed by atoms with Crippen molar-refractivity contribution in [2.75, 3.05) is 25.1 Å². The van der Waals surface area contributed by atoms with Crippen LogP contribution in [0.3, 0.4) is 0 Å². The van der Waals surface area contributed by atoms with Crippen LogP contribution in [0.1, 0.15) is 6.42 Å². The van der Waals surface area contributed by atoms with Gasteiger partial charge in [0.1, 0.15) is 5.75 Å². The second-order valence-electron chi connectivity index (χ2n) is 4.27. The molecule has 0 aliphatic carbocycles. The molecular formula is C16H19NO. The SMILES string of the molecule is CN(CCCOc1ccccc1)c1ccccc1. The van der Waals surface area contributed by atoms with Crippen LogP contribution in [0.5, 0.6) is 5.75 Å². The van der Waals surface area contributed by atoms with Gasteiger partial charge in [-0.1, -0.05) is 36.4 Å². The Bertz CT molecular complexity index is 441. The molecule has 2 aromatic rings. The molecule has 0 aromatic heterocycles. The molecule has 18 heavy (non-hydrogen) atoms. The zero-order valence-corrected chi connectivity index (χ0v) is 10.8. The lowest BCUT2D eigenvalue weighted by Gasteiger charge is -2.19. The summed E-state index contributed by atoms with van der Waals surface area (Å²) < 4.78 is 5.67. The van der Waals surface area contributed by atoms with E-state index in [1.54, 1.807) is 0 Å². The van der Waals surface area contributed by atoms with Gasteiger partial charge in [0.15, 0.2) is 0 Å². The molecule has 2 aromatic carbocycles. The first-order valence-electron chi connectivity index (χ1n) is 6.30. The van der Waals surface area contributed by atoms with Gasteiger partial charge in [0, 0.05) is 19.3 Å². The number of hydrogen-bond donors (Lipinski definition) is 0. The Morgan fingerprint density at radius 2 is 1.50 bits per heavy atom. The van der Waals surface area contributed by atoms with E-state index in [0.29, 0.717) is 0 Å². The van der Waals surface area contributed by atoms with E-state index in [1.807, 2.05) is 36.4 Å². The van der Waals surface area contributed by atoms with Crippen LogP contribution < -0.4 is 9.64 Å². The fourth-order valence-electron chi connectivity index (χ4n) is 1.82. The number of nitrogens with zero attached hydrogens (tertiary/aromatic N) is 1. The number of para-hydroxylation sites is 2. The molecule has 94 valence electrons. The van der Waals surface area contributed by atoms with Crippen LogP contribution >= 0.6 is 0 Å². The Balaban J connectivity index is 1.70. The molecule has 0 saturated carbocycles. The van der Waals surface area contributed by atoms with Gasteiger partial charge >= 0.3 is 0 Å². The molecule has 0 aliphatic rings. The minimum Gasteiger partial charge on any atom is -0.494 e. The van der Waals surface area contributed by atoms with E-state index >= 15 is 0 Å². The summed E-state index contributed by atoms with van der Waals surface area (Å²) in [4.78, 5) is 2.24. The average Bonchev–Trinajstić information content (AvgIpc) is 2.45. The van der Waals surface area contributed by atoms with Gasteiger partial charge in [-0.25, -0.2) is 0 Å². The Labute approximate surface area is 109 Å². The average molecular weight is 241 g/mol. The van der Waals surface area contributed by atoms with E-state index in [0.717, 1.165) is 25.3 Å². The monoisotopic (exact) mass is 241 g/mol. The van der Waals surface area contributed by atoms with E-state index in [2.05, 4.69) is 36.2 Å². The summed E-state index contributed by atoms with van der Waals surface area (Å²) in [5, 5.41) is 0. The second kappa shape index (κ2) is 6.70. The van der Waals surface area contributed by atoms with Crippen LogP contribution in [-0.2, 0) is 0 Å². The standard InChI is InChI=1S/C16H19NO/c1-17(15-9-4-2-5-10-15)13-8-14-18-16-11-6-3-7-12-16/h2-7,9-12H,8,13-14H2,1H3. The number of rotatable bonds is 6. The van der Waals surface area contributed by atoms with E-state index in [-0.39, 0.29) is 0 Å². The largest absolute Gasteiger partial charge is 0.494 e. The summed E-state index contributed by atoms with van der Waals surface area (Å²) in [5.41, 5.74) is 1.25. The normalized spacial score (nSPS) is 10.1. The Kier molecular flexibility index (Phi) is 4.65. The smallest absolute Gasteiger partial charge is 0.119 e. The molecule has 0 heterocycles. The number of benzene rings is 2. The molecular weight excluding hydrogens is 222 g/mol. The van der Waals surface area contributed by atoms with Crippen LogP contribution in [-0.4, -0.2) is 20.2 Å². The number of hydrogen-bond acceptors (Lipinski definition) is 2. The molecule has 0 unspecified atom stereocenters. The summed E-state index contributed by atoms with van der Waals surface area (Å²) in [6, 6.07) is 20.4. The zero-order valence-electron chi connectivity index (χ0n) is 10.8. The third kappa shape index (κ3) is 3.81. The van der Waals surface area contributed by atoms with Crippen LogP contribution in [0.2, 0.25) is 0 Å². The van der Waals surface area contributed by atoms with Crippen molar-refractivity contribution < 1.29 is 4.74 Å². The fraction of sp³-hybridized carbons (Fsp3) is 0.250. The molecule has 2 nitrogen and oxygen atoms in total. The Hall–Kier alpha value is -1.96. The highest BCUT2D eigenvalue weighted by atomic mass is 16.5. The molecule has 0 radical (unpaired) electrons. The van der Waals surface area contributed by atoms with E-state index in [4.69, 9.17) is 4.74 Å². The lowest BCUT2D eigenvalue weighted by atomic mass is 10.3. The second-order valence-corrected chi connectivity index (χ2v) is 4.27. The maximum absolute atomic E-state index is 5.67. The van der Waals surface area contributed by atoms with Crippen molar-refractivity contribution in [3.05, 3.63) is 60.7 Å². The van der Waals surface area contributed by atoms with Crippen molar-refractivity contribution in [1.82, 2.24) is 0 Å². The third-order valence-corrected chi connectivity index (χ3v) is 2.85. The first-order valence-corrected chi connectivity index (χ1v) is 6.30. The highest BCUT2D eigenvalue weighted by Crippen LogP contribution is 2.12. The molecule has 0 amide bonds. The summed E-state index contributed by atoms with van der Waals surface area (Å²) >= 11 is 0.